The summed E-state index contributed by atoms with van der Waals surface area (Å²) < 4.78 is 23.5. The minimum absolute atomic E-state index is 0.217. The molecule has 0 aromatic rings. The van der Waals surface area contributed by atoms with E-state index in [1.54, 1.807) is 6.92 Å². The van der Waals surface area contributed by atoms with Crippen molar-refractivity contribution in [2.75, 3.05) is 18.8 Å². The van der Waals surface area contributed by atoms with Gasteiger partial charge in [0.25, 0.3) is 0 Å². The van der Waals surface area contributed by atoms with Gasteiger partial charge in [-0.15, -0.1) is 0 Å². The highest BCUT2D eigenvalue weighted by Crippen LogP contribution is 2.30. The molecule has 0 aromatic carbocycles. The van der Waals surface area contributed by atoms with Crippen LogP contribution in [-0.2, 0) is 14.6 Å². The summed E-state index contributed by atoms with van der Waals surface area (Å²) in [6.45, 7) is 2.94. The largest absolute Gasteiger partial charge is 0.342 e. The van der Waals surface area contributed by atoms with Gasteiger partial charge in [0.1, 0.15) is 0 Å². The highest BCUT2D eigenvalue weighted by Gasteiger charge is 2.34. The van der Waals surface area contributed by atoms with Crippen LogP contribution < -0.4 is 0 Å². The van der Waals surface area contributed by atoms with E-state index in [0.29, 0.717) is 25.9 Å². The van der Waals surface area contributed by atoms with Crippen molar-refractivity contribution in [3.05, 3.63) is 0 Å². The molecular weight excluding hydrogens is 238 g/mol. The Morgan fingerprint density at radius 3 is 2.18 bits per heavy atom. The Labute approximate surface area is 103 Å². The molecule has 2 rings (SSSR count). The Morgan fingerprint density at radius 1 is 1.18 bits per heavy atom. The topological polar surface area (TPSA) is 54.5 Å². The van der Waals surface area contributed by atoms with Crippen molar-refractivity contribution >= 4 is 15.7 Å². The number of hydrogen-bond acceptors (Lipinski definition) is 3. The second-order valence-electron chi connectivity index (χ2n) is 5.10. The molecule has 17 heavy (non-hydrogen) atoms. The minimum atomic E-state index is -2.92. The third-order valence-electron chi connectivity index (χ3n) is 4.12. The van der Waals surface area contributed by atoms with Crippen molar-refractivity contribution in [3.8, 4) is 0 Å². The molecule has 1 aliphatic heterocycles. The van der Waals surface area contributed by atoms with Crippen LogP contribution in [0.1, 0.15) is 39.0 Å². The van der Waals surface area contributed by atoms with Crippen LogP contribution in [0, 0.1) is 5.92 Å². The van der Waals surface area contributed by atoms with E-state index in [2.05, 4.69) is 0 Å². The number of carbonyl (C=O) groups excluding carboxylic acids is 1. The first-order valence-electron chi connectivity index (χ1n) is 6.55. The van der Waals surface area contributed by atoms with Gasteiger partial charge in [-0.05, 0) is 25.7 Å². The van der Waals surface area contributed by atoms with E-state index in [1.807, 2.05) is 4.90 Å². The summed E-state index contributed by atoms with van der Waals surface area (Å²) in [6.07, 6.45) is 4.44. The molecule has 2 fully saturated rings. The van der Waals surface area contributed by atoms with Gasteiger partial charge in [-0.25, -0.2) is 8.42 Å². The van der Waals surface area contributed by atoms with E-state index >= 15 is 0 Å². The fourth-order valence-corrected chi connectivity index (χ4v) is 3.98. The summed E-state index contributed by atoms with van der Waals surface area (Å²) >= 11 is 0. The van der Waals surface area contributed by atoms with Crippen molar-refractivity contribution in [1.29, 1.82) is 0 Å². The van der Waals surface area contributed by atoms with Crippen molar-refractivity contribution in [3.63, 3.8) is 0 Å². The number of nitrogens with zero attached hydrogens (tertiary/aromatic N) is 1. The first-order chi connectivity index (χ1) is 8.04. The zero-order valence-corrected chi connectivity index (χ0v) is 11.2. The number of carbonyl (C=O) groups is 1. The summed E-state index contributed by atoms with van der Waals surface area (Å²) in [5.41, 5.74) is 0. The van der Waals surface area contributed by atoms with Crippen LogP contribution in [-0.4, -0.2) is 43.3 Å². The van der Waals surface area contributed by atoms with E-state index in [9.17, 15) is 13.2 Å². The molecule has 0 atom stereocenters. The maximum Gasteiger partial charge on any atom is 0.225 e. The summed E-state index contributed by atoms with van der Waals surface area (Å²) in [5, 5.41) is -0.224. The van der Waals surface area contributed by atoms with Gasteiger partial charge in [0.05, 0.1) is 5.25 Å². The Balaban J connectivity index is 1.87. The quantitative estimate of drug-likeness (QED) is 0.765. The van der Waals surface area contributed by atoms with E-state index in [-0.39, 0.29) is 22.8 Å². The van der Waals surface area contributed by atoms with Crippen molar-refractivity contribution in [2.45, 2.75) is 44.3 Å². The predicted octanol–water partition coefficient (Wildman–Crippen LogP) is 1.21. The number of likely N-dealkylation sites (tertiary alicyclic amines) is 1. The van der Waals surface area contributed by atoms with Gasteiger partial charge < -0.3 is 4.90 Å². The van der Waals surface area contributed by atoms with E-state index < -0.39 is 9.84 Å². The zero-order valence-electron chi connectivity index (χ0n) is 10.4. The highest BCUT2D eigenvalue weighted by atomic mass is 32.2. The average molecular weight is 259 g/mol. The third-order valence-corrected chi connectivity index (χ3v) is 6.41. The van der Waals surface area contributed by atoms with Crippen LogP contribution in [0.3, 0.4) is 0 Å². The van der Waals surface area contributed by atoms with Gasteiger partial charge >= 0.3 is 0 Å². The fraction of sp³-hybridized carbons (Fsp3) is 0.917. The van der Waals surface area contributed by atoms with Gasteiger partial charge in [0, 0.05) is 24.8 Å². The maximum atomic E-state index is 12.0. The first-order valence-corrected chi connectivity index (χ1v) is 8.26. The molecule has 0 aromatic heterocycles. The van der Waals surface area contributed by atoms with Crippen LogP contribution in [0.4, 0.5) is 0 Å². The number of rotatable bonds is 3. The average Bonchev–Trinajstić information content (AvgIpc) is 2.27. The molecule has 5 heteroatoms. The summed E-state index contributed by atoms with van der Waals surface area (Å²) in [7, 11) is -2.92. The molecule has 1 saturated carbocycles. The Morgan fingerprint density at radius 2 is 1.76 bits per heavy atom. The predicted molar refractivity (Wildman–Crippen MR) is 66.4 cm³/mol. The molecule has 1 heterocycles. The highest BCUT2D eigenvalue weighted by molar-refractivity contribution is 7.92. The Kier molecular flexibility index (Phi) is 3.76. The summed E-state index contributed by atoms with van der Waals surface area (Å²) in [4.78, 5) is 13.8. The minimum Gasteiger partial charge on any atom is -0.342 e. The second-order valence-corrected chi connectivity index (χ2v) is 7.67. The lowest BCUT2D eigenvalue weighted by Crippen LogP contribution is -2.46. The number of amides is 1. The molecule has 1 aliphatic carbocycles. The third kappa shape index (κ3) is 2.64. The molecule has 0 radical (unpaired) electrons. The van der Waals surface area contributed by atoms with Gasteiger partial charge in [-0.1, -0.05) is 13.3 Å². The summed E-state index contributed by atoms with van der Waals surface area (Å²) in [6, 6.07) is 0. The van der Waals surface area contributed by atoms with Crippen LogP contribution in [0.15, 0.2) is 0 Å². The van der Waals surface area contributed by atoms with Crippen LogP contribution in [0.25, 0.3) is 0 Å². The van der Waals surface area contributed by atoms with Crippen molar-refractivity contribution < 1.29 is 13.2 Å². The van der Waals surface area contributed by atoms with E-state index in [1.165, 1.54) is 0 Å². The monoisotopic (exact) mass is 259 g/mol. The number of sulfone groups is 1. The van der Waals surface area contributed by atoms with Gasteiger partial charge in [-0.3, -0.25) is 4.79 Å². The van der Waals surface area contributed by atoms with E-state index in [4.69, 9.17) is 0 Å². The molecule has 0 bridgehead atoms. The zero-order chi connectivity index (χ0) is 12.5. The number of piperidine rings is 1. The fourth-order valence-electron chi connectivity index (χ4n) is 2.58. The molecule has 0 N–H and O–H groups in total. The lowest BCUT2D eigenvalue weighted by Gasteiger charge is -2.36. The molecule has 2 aliphatic rings. The van der Waals surface area contributed by atoms with Crippen molar-refractivity contribution in [2.24, 2.45) is 5.92 Å². The second kappa shape index (κ2) is 4.96. The lowest BCUT2D eigenvalue weighted by atomic mass is 9.84. The molecule has 98 valence electrons. The van der Waals surface area contributed by atoms with Gasteiger partial charge in [-0.2, -0.15) is 0 Å². The SMILES string of the molecule is CCS(=O)(=O)C1CCN(C(=O)C2CCC2)CC1. The van der Waals surface area contributed by atoms with Crippen LogP contribution >= 0.6 is 0 Å². The molecule has 0 spiro atoms. The summed E-state index contributed by atoms with van der Waals surface area (Å²) in [5.74, 6) is 0.701. The Hall–Kier alpha value is -0.580. The smallest absolute Gasteiger partial charge is 0.225 e. The lowest BCUT2D eigenvalue weighted by molar-refractivity contribution is -0.139. The number of hydrogen-bond donors (Lipinski definition) is 0. The maximum absolute atomic E-state index is 12.0. The standard InChI is InChI=1S/C12H21NO3S/c1-2-17(15,16)11-6-8-13(9-7-11)12(14)10-4-3-5-10/h10-11H,2-9H2,1H3. The van der Waals surface area contributed by atoms with E-state index in [0.717, 1.165) is 19.3 Å². The van der Waals surface area contributed by atoms with Crippen molar-refractivity contribution in [1.82, 2.24) is 4.90 Å². The van der Waals surface area contributed by atoms with Gasteiger partial charge in [0.15, 0.2) is 9.84 Å². The first kappa shape index (κ1) is 12.9. The Bertz CT molecular complexity index is 379. The van der Waals surface area contributed by atoms with Crippen LogP contribution in [0.5, 0.6) is 0 Å². The molecule has 1 amide bonds. The molecule has 1 saturated heterocycles. The van der Waals surface area contributed by atoms with Gasteiger partial charge in [0.2, 0.25) is 5.91 Å². The molecule has 0 unspecified atom stereocenters. The normalized spacial score (nSPS) is 23.5. The van der Waals surface area contributed by atoms with Crippen LogP contribution in [0.2, 0.25) is 0 Å². The molecular formula is C12H21NO3S. The molecule has 4 nitrogen and oxygen atoms in total.